The van der Waals surface area contributed by atoms with Crippen LogP contribution in [0.15, 0.2) is 49.1 Å². The van der Waals surface area contributed by atoms with Gasteiger partial charge in [0.2, 0.25) is 5.91 Å². The summed E-state index contributed by atoms with van der Waals surface area (Å²) in [7, 11) is 3.14. The molecule has 2 aromatic heterocycles. The normalized spacial score (nSPS) is 13.4. The monoisotopic (exact) mass is 420 g/mol. The highest BCUT2D eigenvalue weighted by Gasteiger charge is 2.22. The zero-order chi connectivity index (χ0) is 22.0. The summed E-state index contributed by atoms with van der Waals surface area (Å²) < 4.78 is 14.4. The quantitative estimate of drug-likeness (QED) is 0.681. The fraction of sp³-hybridized carbons (Fsp3) is 0.227. The van der Waals surface area contributed by atoms with Gasteiger partial charge >= 0.3 is 0 Å². The van der Waals surface area contributed by atoms with Gasteiger partial charge in [-0.2, -0.15) is 0 Å². The standard InChI is InChI=1S/C22H21FN6O2/c1-28(2)22(31)17-6-5-14(8-18(17)23)19-12-26-20(13-25-19)27-15-9-16(11-24-10-15)29-7-3-4-21(29)30/h5-6,8-13H,3-4,7H2,1-2H3,(H,26,27). The molecular formula is C22H21FN6O2. The predicted molar refractivity (Wildman–Crippen MR) is 115 cm³/mol. The van der Waals surface area contributed by atoms with E-state index in [1.807, 2.05) is 6.07 Å². The molecule has 4 rings (SSSR count). The van der Waals surface area contributed by atoms with Crippen molar-refractivity contribution in [3.8, 4) is 11.3 Å². The number of carbonyl (C=O) groups excluding carboxylic acids is 2. The van der Waals surface area contributed by atoms with Crippen LogP contribution in [-0.2, 0) is 4.79 Å². The highest BCUT2D eigenvalue weighted by atomic mass is 19.1. The molecule has 0 atom stereocenters. The molecule has 2 amide bonds. The number of hydrogen-bond donors (Lipinski definition) is 1. The Hall–Kier alpha value is -3.88. The van der Waals surface area contributed by atoms with E-state index in [0.717, 1.165) is 12.1 Å². The second kappa shape index (κ2) is 8.47. The molecule has 158 valence electrons. The molecule has 1 saturated heterocycles. The lowest BCUT2D eigenvalue weighted by atomic mass is 10.1. The molecule has 1 aliphatic rings. The zero-order valence-corrected chi connectivity index (χ0v) is 17.2. The topological polar surface area (TPSA) is 91.3 Å². The van der Waals surface area contributed by atoms with Gasteiger partial charge in [-0.15, -0.1) is 0 Å². The van der Waals surface area contributed by atoms with Gasteiger partial charge in [0, 0.05) is 32.6 Å². The minimum atomic E-state index is -0.612. The van der Waals surface area contributed by atoms with Crippen molar-refractivity contribution in [2.75, 3.05) is 30.9 Å². The molecule has 0 saturated carbocycles. The van der Waals surface area contributed by atoms with Crippen molar-refractivity contribution >= 4 is 29.0 Å². The summed E-state index contributed by atoms with van der Waals surface area (Å²) in [6.07, 6.45) is 7.73. The first-order chi connectivity index (χ1) is 14.9. The number of pyridine rings is 1. The molecule has 8 nitrogen and oxygen atoms in total. The van der Waals surface area contributed by atoms with E-state index >= 15 is 0 Å². The molecule has 1 aromatic carbocycles. The van der Waals surface area contributed by atoms with Gasteiger partial charge in [0.15, 0.2) is 0 Å². The third-order valence-electron chi connectivity index (χ3n) is 4.93. The lowest BCUT2D eigenvalue weighted by Gasteiger charge is -2.16. The Morgan fingerprint density at radius 2 is 1.97 bits per heavy atom. The minimum absolute atomic E-state index is 0.00358. The Balaban J connectivity index is 1.50. The molecule has 1 aliphatic heterocycles. The number of nitrogens with zero attached hydrogens (tertiary/aromatic N) is 5. The van der Waals surface area contributed by atoms with Gasteiger partial charge in [-0.1, -0.05) is 6.07 Å². The van der Waals surface area contributed by atoms with Crippen LogP contribution in [0.1, 0.15) is 23.2 Å². The first-order valence-electron chi connectivity index (χ1n) is 9.78. The van der Waals surface area contributed by atoms with Gasteiger partial charge in [-0.05, 0) is 24.6 Å². The van der Waals surface area contributed by atoms with E-state index in [2.05, 4.69) is 20.3 Å². The van der Waals surface area contributed by atoms with E-state index in [4.69, 9.17) is 0 Å². The molecule has 0 aliphatic carbocycles. The largest absolute Gasteiger partial charge is 0.345 e. The lowest BCUT2D eigenvalue weighted by molar-refractivity contribution is -0.117. The zero-order valence-electron chi connectivity index (χ0n) is 17.2. The summed E-state index contributed by atoms with van der Waals surface area (Å²) in [5, 5.41) is 3.11. The van der Waals surface area contributed by atoms with Gasteiger partial charge in [-0.25, -0.2) is 9.37 Å². The smallest absolute Gasteiger partial charge is 0.256 e. The van der Waals surface area contributed by atoms with Crippen molar-refractivity contribution in [2.45, 2.75) is 12.8 Å². The van der Waals surface area contributed by atoms with Crippen molar-refractivity contribution < 1.29 is 14.0 Å². The van der Waals surface area contributed by atoms with Gasteiger partial charge < -0.3 is 15.1 Å². The number of halogens is 1. The van der Waals surface area contributed by atoms with Crippen molar-refractivity contribution in [2.24, 2.45) is 0 Å². The maximum atomic E-state index is 14.4. The summed E-state index contributed by atoms with van der Waals surface area (Å²) in [5.41, 5.74) is 2.41. The van der Waals surface area contributed by atoms with Gasteiger partial charge in [-0.3, -0.25) is 19.6 Å². The summed E-state index contributed by atoms with van der Waals surface area (Å²) in [6.45, 7) is 0.688. The lowest BCUT2D eigenvalue weighted by Crippen LogP contribution is -2.23. The number of nitrogens with one attached hydrogen (secondary N) is 1. The average molecular weight is 420 g/mol. The van der Waals surface area contributed by atoms with Crippen molar-refractivity contribution in [1.82, 2.24) is 19.9 Å². The molecule has 3 heterocycles. The first kappa shape index (κ1) is 20.4. The minimum Gasteiger partial charge on any atom is -0.345 e. The molecule has 0 radical (unpaired) electrons. The third-order valence-corrected chi connectivity index (χ3v) is 4.93. The van der Waals surface area contributed by atoms with Crippen molar-refractivity contribution in [3.63, 3.8) is 0 Å². The Bertz CT molecular complexity index is 1130. The van der Waals surface area contributed by atoms with Crippen LogP contribution in [-0.4, -0.2) is 52.3 Å². The second-order valence-electron chi connectivity index (χ2n) is 7.39. The number of hydrogen-bond acceptors (Lipinski definition) is 6. The van der Waals surface area contributed by atoms with E-state index in [0.29, 0.717) is 35.7 Å². The van der Waals surface area contributed by atoms with E-state index in [-0.39, 0.29) is 11.5 Å². The third kappa shape index (κ3) is 4.35. The summed E-state index contributed by atoms with van der Waals surface area (Å²) in [5.74, 6) is -0.440. The Labute approximate surface area is 178 Å². The van der Waals surface area contributed by atoms with Crippen molar-refractivity contribution in [1.29, 1.82) is 0 Å². The number of amides is 2. The number of aromatic nitrogens is 3. The van der Waals surface area contributed by atoms with Crippen LogP contribution in [0.3, 0.4) is 0 Å². The molecule has 9 heteroatoms. The highest BCUT2D eigenvalue weighted by Crippen LogP contribution is 2.25. The number of anilines is 3. The maximum absolute atomic E-state index is 14.4. The predicted octanol–water partition coefficient (Wildman–Crippen LogP) is 3.25. The average Bonchev–Trinajstić information content (AvgIpc) is 3.20. The van der Waals surface area contributed by atoms with Crippen molar-refractivity contribution in [3.05, 3.63) is 60.4 Å². The number of benzene rings is 1. The van der Waals surface area contributed by atoms with E-state index in [9.17, 15) is 14.0 Å². The molecule has 0 bridgehead atoms. The molecular weight excluding hydrogens is 399 g/mol. The molecule has 0 unspecified atom stereocenters. The van der Waals surface area contributed by atoms with Crippen LogP contribution in [0.2, 0.25) is 0 Å². The van der Waals surface area contributed by atoms with E-state index in [1.165, 1.54) is 29.4 Å². The Kier molecular flexibility index (Phi) is 5.57. The van der Waals surface area contributed by atoms with Crippen LogP contribution >= 0.6 is 0 Å². The fourth-order valence-electron chi connectivity index (χ4n) is 3.34. The molecule has 3 aromatic rings. The van der Waals surface area contributed by atoms with Gasteiger partial charge in [0.25, 0.3) is 5.91 Å². The number of rotatable bonds is 5. The maximum Gasteiger partial charge on any atom is 0.256 e. The summed E-state index contributed by atoms with van der Waals surface area (Å²) in [4.78, 5) is 39.8. The molecule has 31 heavy (non-hydrogen) atoms. The summed E-state index contributed by atoms with van der Waals surface area (Å²) in [6, 6.07) is 6.19. The SMILES string of the molecule is CN(C)C(=O)c1ccc(-c2cnc(Nc3cncc(N4CCCC4=O)c3)cn2)cc1F. The fourth-order valence-corrected chi connectivity index (χ4v) is 3.34. The molecule has 0 spiro atoms. The van der Waals surface area contributed by atoms with Crippen LogP contribution in [0, 0.1) is 5.82 Å². The second-order valence-corrected chi connectivity index (χ2v) is 7.39. The first-order valence-corrected chi connectivity index (χ1v) is 9.78. The van der Waals surface area contributed by atoms with Gasteiger partial charge in [0.05, 0.1) is 47.4 Å². The van der Waals surface area contributed by atoms with Crippen LogP contribution in [0.4, 0.5) is 21.6 Å². The Morgan fingerprint density at radius 1 is 1.13 bits per heavy atom. The van der Waals surface area contributed by atoms with Crippen LogP contribution in [0.5, 0.6) is 0 Å². The molecule has 1 fully saturated rings. The molecule has 1 N–H and O–H groups in total. The van der Waals surface area contributed by atoms with E-state index in [1.54, 1.807) is 37.5 Å². The van der Waals surface area contributed by atoms with E-state index < -0.39 is 11.7 Å². The van der Waals surface area contributed by atoms with Gasteiger partial charge in [0.1, 0.15) is 11.6 Å². The van der Waals surface area contributed by atoms with Crippen LogP contribution in [0.25, 0.3) is 11.3 Å². The van der Waals surface area contributed by atoms with Crippen LogP contribution < -0.4 is 10.2 Å². The Morgan fingerprint density at radius 3 is 2.61 bits per heavy atom. The highest BCUT2D eigenvalue weighted by molar-refractivity contribution is 5.95. The summed E-state index contributed by atoms with van der Waals surface area (Å²) >= 11 is 0. The number of carbonyl (C=O) groups is 2.